The average Bonchev–Trinajstić information content (AvgIpc) is 2.65. The maximum atomic E-state index is 13.7. The highest BCUT2D eigenvalue weighted by Crippen LogP contribution is 2.14. The van der Waals surface area contributed by atoms with E-state index >= 15 is 0 Å². The Morgan fingerprint density at radius 2 is 1.85 bits per heavy atom. The van der Waals surface area contributed by atoms with Crippen LogP contribution in [0.5, 0.6) is 5.88 Å². The Hall–Kier alpha value is -2.01. The normalized spacial score (nSPS) is 10.9. The summed E-state index contributed by atoms with van der Waals surface area (Å²) in [5.41, 5.74) is 1.06. The van der Waals surface area contributed by atoms with Crippen LogP contribution < -0.4 is 15.4 Å². The summed E-state index contributed by atoms with van der Waals surface area (Å²) in [5.74, 6) is -0.0150. The molecule has 0 amide bonds. The zero-order valence-electron chi connectivity index (χ0n) is 15.2. The molecule has 2 rings (SSSR count). The maximum absolute atomic E-state index is 13.7. The van der Waals surface area contributed by atoms with Gasteiger partial charge in [0.15, 0.2) is 5.96 Å². The molecule has 27 heavy (non-hydrogen) atoms. The van der Waals surface area contributed by atoms with Crippen molar-refractivity contribution >= 4 is 29.9 Å². The first kappa shape index (κ1) is 23.0. The van der Waals surface area contributed by atoms with Gasteiger partial charge >= 0.3 is 0 Å². The molecule has 0 saturated carbocycles. The zero-order chi connectivity index (χ0) is 18.8. The molecule has 2 aromatic rings. The molecule has 0 saturated heterocycles. The van der Waals surface area contributed by atoms with Gasteiger partial charge in [0.1, 0.15) is 18.2 Å². The van der Waals surface area contributed by atoms with Crippen molar-refractivity contribution in [3.8, 4) is 5.88 Å². The number of aromatic nitrogens is 1. The Balaban J connectivity index is 0.00000364. The SMILES string of the molecule is CN=C(NCc1cc(F)ccc1F)NCc1cccnc1OCCOC.I. The third kappa shape index (κ3) is 7.63. The van der Waals surface area contributed by atoms with Crippen LogP contribution in [0.25, 0.3) is 0 Å². The van der Waals surface area contributed by atoms with E-state index in [0.29, 0.717) is 31.6 Å². The Morgan fingerprint density at radius 3 is 2.56 bits per heavy atom. The lowest BCUT2D eigenvalue weighted by Gasteiger charge is -2.14. The highest BCUT2D eigenvalue weighted by Gasteiger charge is 2.08. The van der Waals surface area contributed by atoms with E-state index in [1.165, 1.54) is 0 Å². The van der Waals surface area contributed by atoms with Gasteiger partial charge in [-0.05, 0) is 24.3 Å². The fourth-order valence-electron chi connectivity index (χ4n) is 2.17. The molecule has 9 heteroatoms. The Bertz CT molecular complexity index is 747. The summed E-state index contributed by atoms with van der Waals surface area (Å²) in [7, 11) is 3.19. The molecule has 0 unspecified atom stereocenters. The minimum absolute atomic E-state index is 0. The molecule has 0 spiro atoms. The number of hydrogen-bond acceptors (Lipinski definition) is 4. The first-order chi connectivity index (χ1) is 12.6. The van der Waals surface area contributed by atoms with E-state index in [4.69, 9.17) is 9.47 Å². The van der Waals surface area contributed by atoms with Crippen LogP contribution in [0.1, 0.15) is 11.1 Å². The third-order valence-electron chi connectivity index (χ3n) is 3.50. The Kier molecular flexibility index (Phi) is 10.6. The van der Waals surface area contributed by atoms with Crippen molar-refractivity contribution in [2.75, 3.05) is 27.4 Å². The fourth-order valence-corrected chi connectivity index (χ4v) is 2.17. The summed E-state index contributed by atoms with van der Waals surface area (Å²) in [6.07, 6.45) is 1.64. The van der Waals surface area contributed by atoms with Gasteiger partial charge in [-0.1, -0.05) is 6.07 Å². The number of nitrogens with zero attached hydrogens (tertiary/aromatic N) is 2. The summed E-state index contributed by atoms with van der Waals surface area (Å²) >= 11 is 0. The summed E-state index contributed by atoms with van der Waals surface area (Å²) in [6, 6.07) is 7.01. The van der Waals surface area contributed by atoms with E-state index in [-0.39, 0.29) is 36.1 Å². The molecule has 2 N–H and O–H groups in total. The number of rotatable bonds is 8. The van der Waals surface area contributed by atoms with Crippen LogP contribution in [0, 0.1) is 11.6 Å². The molecule has 148 valence electrons. The number of benzene rings is 1. The van der Waals surface area contributed by atoms with Crippen molar-refractivity contribution in [3.63, 3.8) is 0 Å². The van der Waals surface area contributed by atoms with Crippen molar-refractivity contribution in [1.29, 1.82) is 0 Å². The lowest BCUT2D eigenvalue weighted by atomic mass is 10.2. The van der Waals surface area contributed by atoms with E-state index in [9.17, 15) is 8.78 Å². The number of ether oxygens (including phenoxy) is 2. The molecule has 0 aliphatic carbocycles. The van der Waals surface area contributed by atoms with Crippen molar-refractivity contribution in [3.05, 3.63) is 59.3 Å². The third-order valence-corrected chi connectivity index (χ3v) is 3.50. The highest BCUT2D eigenvalue weighted by molar-refractivity contribution is 14.0. The molecule has 0 atom stereocenters. The molecule has 0 aliphatic heterocycles. The first-order valence-corrected chi connectivity index (χ1v) is 8.08. The van der Waals surface area contributed by atoms with Crippen LogP contribution in [-0.4, -0.2) is 38.3 Å². The Labute approximate surface area is 174 Å². The lowest BCUT2D eigenvalue weighted by molar-refractivity contribution is 0.143. The summed E-state index contributed by atoms with van der Waals surface area (Å²) < 4.78 is 37.4. The molecule has 0 aliphatic rings. The fraction of sp³-hybridized carbons (Fsp3) is 0.333. The summed E-state index contributed by atoms with van der Waals surface area (Å²) in [4.78, 5) is 8.27. The molecule has 1 heterocycles. The largest absolute Gasteiger partial charge is 0.475 e. The molecular formula is C18H23F2IN4O2. The molecule has 0 radical (unpaired) electrons. The van der Waals surface area contributed by atoms with Gasteiger partial charge in [-0.15, -0.1) is 24.0 Å². The second-order valence-electron chi connectivity index (χ2n) is 5.32. The van der Waals surface area contributed by atoms with Gasteiger partial charge in [0.05, 0.1) is 6.61 Å². The van der Waals surface area contributed by atoms with Crippen molar-refractivity contribution in [2.45, 2.75) is 13.1 Å². The zero-order valence-corrected chi connectivity index (χ0v) is 17.5. The standard InChI is InChI=1S/C18H22F2N4O2.HI/c1-21-18(24-12-14-10-15(19)5-6-16(14)20)23-11-13-4-3-7-22-17(13)26-9-8-25-2;/h3-7,10H,8-9,11-12H2,1-2H3,(H2,21,23,24);1H. The maximum Gasteiger partial charge on any atom is 0.218 e. The molecule has 0 fully saturated rings. The summed E-state index contributed by atoms with van der Waals surface area (Å²) in [6.45, 7) is 1.37. The highest BCUT2D eigenvalue weighted by atomic mass is 127. The van der Waals surface area contributed by atoms with Crippen molar-refractivity contribution < 1.29 is 18.3 Å². The minimum Gasteiger partial charge on any atom is -0.475 e. The van der Waals surface area contributed by atoms with Gasteiger partial charge in [0, 0.05) is 44.6 Å². The number of aliphatic imine (C=N–C) groups is 1. The van der Waals surface area contributed by atoms with E-state index in [1.807, 2.05) is 6.07 Å². The molecule has 1 aromatic heterocycles. The smallest absolute Gasteiger partial charge is 0.218 e. The topological polar surface area (TPSA) is 67.8 Å². The van der Waals surface area contributed by atoms with Crippen LogP contribution in [0.15, 0.2) is 41.5 Å². The van der Waals surface area contributed by atoms with Crippen LogP contribution in [-0.2, 0) is 17.8 Å². The number of methoxy groups -OCH3 is 1. The van der Waals surface area contributed by atoms with Crippen molar-refractivity contribution in [1.82, 2.24) is 15.6 Å². The average molecular weight is 492 g/mol. The quantitative estimate of drug-likeness (QED) is 0.257. The van der Waals surface area contributed by atoms with Gasteiger partial charge in [-0.3, -0.25) is 4.99 Å². The van der Waals surface area contributed by atoms with E-state index in [2.05, 4.69) is 20.6 Å². The molecule has 6 nitrogen and oxygen atoms in total. The van der Waals surface area contributed by atoms with Gasteiger partial charge in [0.25, 0.3) is 0 Å². The lowest BCUT2D eigenvalue weighted by Crippen LogP contribution is -2.36. The van der Waals surface area contributed by atoms with Gasteiger partial charge in [0.2, 0.25) is 5.88 Å². The van der Waals surface area contributed by atoms with Crippen LogP contribution in [0.2, 0.25) is 0 Å². The second-order valence-corrected chi connectivity index (χ2v) is 5.32. The van der Waals surface area contributed by atoms with Crippen molar-refractivity contribution in [2.24, 2.45) is 4.99 Å². The van der Waals surface area contributed by atoms with E-state index < -0.39 is 11.6 Å². The number of hydrogen-bond donors (Lipinski definition) is 2. The predicted octanol–water partition coefficient (Wildman–Crippen LogP) is 2.87. The van der Waals surface area contributed by atoms with Crippen LogP contribution in [0.4, 0.5) is 8.78 Å². The van der Waals surface area contributed by atoms with Gasteiger partial charge in [-0.25, -0.2) is 13.8 Å². The molecule has 1 aromatic carbocycles. The molecule has 0 bridgehead atoms. The summed E-state index contributed by atoms with van der Waals surface area (Å²) in [5, 5.41) is 6.04. The van der Waals surface area contributed by atoms with Gasteiger partial charge < -0.3 is 20.1 Å². The van der Waals surface area contributed by atoms with Crippen LogP contribution in [0.3, 0.4) is 0 Å². The number of pyridine rings is 1. The number of nitrogens with one attached hydrogen (secondary N) is 2. The van der Waals surface area contributed by atoms with Crippen LogP contribution >= 0.6 is 24.0 Å². The number of halogens is 3. The number of guanidine groups is 1. The van der Waals surface area contributed by atoms with Gasteiger partial charge in [-0.2, -0.15) is 0 Å². The predicted molar refractivity (Wildman–Crippen MR) is 110 cm³/mol. The van der Waals surface area contributed by atoms with E-state index in [0.717, 1.165) is 23.8 Å². The second kappa shape index (κ2) is 12.4. The monoisotopic (exact) mass is 492 g/mol. The van der Waals surface area contributed by atoms with E-state index in [1.54, 1.807) is 26.4 Å². The Morgan fingerprint density at radius 1 is 1.11 bits per heavy atom. The molecular weight excluding hydrogens is 469 g/mol. The first-order valence-electron chi connectivity index (χ1n) is 8.08. The minimum atomic E-state index is -0.487.